The van der Waals surface area contributed by atoms with Crippen LogP contribution < -0.4 is 15.8 Å². The first-order valence-corrected chi connectivity index (χ1v) is 9.53. The average molecular weight is 411 g/mol. The van der Waals surface area contributed by atoms with Gasteiger partial charge in [-0.15, -0.1) is 0 Å². The van der Waals surface area contributed by atoms with E-state index in [-0.39, 0.29) is 10.5 Å². The summed E-state index contributed by atoms with van der Waals surface area (Å²) < 4.78 is 54.3. The van der Waals surface area contributed by atoms with Gasteiger partial charge in [0.2, 0.25) is 10.0 Å². The van der Waals surface area contributed by atoms with Gasteiger partial charge in [0.1, 0.15) is 11.6 Å². The van der Waals surface area contributed by atoms with Gasteiger partial charge in [-0.05, 0) is 51.1 Å². The molecule has 7 nitrogen and oxygen atoms in total. The second kappa shape index (κ2) is 7.64. The SMILES string of the molecule is CC(C)(C)NS(=O)(=O)c1ccc(C(=O)Nc2cc(C(N)=O)c(F)cc2F)cc1. The summed E-state index contributed by atoms with van der Waals surface area (Å²) in [6, 6.07) is 6.14. The van der Waals surface area contributed by atoms with Crippen LogP contribution in [0.25, 0.3) is 0 Å². The van der Waals surface area contributed by atoms with E-state index in [1.165, 1.54) is 24.3 Å². The van der Waals surface area contributed by atoms with Crippen LogP contribution in [0.3, 0.4) is 0 Å². The monoisotopic (exact) mass is 411 g/mol. The van der Waals surface area contributed by atoms with Gasteiger partial charge in [0, 0.05) is 17.2 Å². The van der Waals surface area contributed by atoms with Gasteiger partial charge in [-0.2, -0.15) is 0 Å². The van der Waals surface area contributed by atoms with Crippen LogP contribution in [0.4, 0.5) is 14.5 Å². The third kappa shape index (κ3) is 5.11. The van der Waals surface area contributed by atoms with E-state index < -0.39 is 50.3 Å². The predicted molar refractivity (Wildman–Crippen MR) is 99.3 cm³/mol. The number of carbonyl (C=O) groups is 2. The maximum Gasteiger partial charge on any atom is 0.255 e. The lowest BCUT2D eigenvalue weighted by atomic mass is 10.1. The fourth-order valence-corrected chi connectivity index (χ4v) is 3.69. The summed E-state index contributed by atoms with van der Waals surface area (Å²) in [5.74, 6) is -4.14. The molecule has 0 aromatic heterocycles. The van der Waals surface area contributed by atoms with Crippen LogP contribution >= 0.6 is 0 Å². The molecular formula is C18H19F2N3O4S. The lowest BCUT2D eigenvalue weighted by molar-refractivity contribution is 0.0992. The number of halogens is 2. The van der Waals surface area contributed by atoms with Crippen LogP contribution in [0, 0.1) is 11.6 Å². The Morgan fingerprint density at radius 2 is 1.57 bits per heavy atom. The highest BCUT2D eigenvalue weighted by molar-refractivity contribution is 7.89. The molecule has 0 heterocycles. The van der Waals surface area contributed by atoms with Crippen LogP contribution in [-0.4, -0.2) is 25.8 Å². The lowest BCUT2D eigenvalue weighted by Crippen LogP contribution is -2.40. The number of hydrogen-bond acceptors (Lipinski definition) is 4. The first-order chi connectivity index (χ1) is 12.8. The Balaban J connectivity index is 2.25. The number of primary amides is 1. The first-order valence-electron chi connectivity index (χ1n) is 8.04. The van der Waals surface area contributed by atoms with Crippen molar-refractivity contribution in [3.05, 3.63) is 59.2 Å². The molecule has 0 aliphatic rings. The number of rotatable bonds is 5. The second-order valence-corrected chi connectivity index (χ2v) is 8.69. The highest BCUT2D eigenvalue weighted by atomic mass is 32.2. The average Bonchev–Trinajstić information content (AvgIpc) is 2.54. The van der Waals surface area contributed by atoms with Gasteiger partial charge in [0.15, 0.2) is 0 Å². The molecule has 0 aliphatic heterocycles. The number of sulfonamides is 1. The molecule has 0 radical (unpaired) electrons. The predicted octanol–water partition coefficient (Wildman–Crippen LogP) is 2.39. The zero-order valence-corrected chi connectivity index (χ0v) is 16.2. The van der Waals surface area contributed by atoms with Gasteiger partial charge in [0.05, 0.1) is 16.1 Å². The van der Waals surface area contributed by atoms with Gasteiger partial charge in [-0.3, -0.25) is 9.59 Å². The highest BCUT2D eigenvalue weighted by Gasteiger charge is 2.22. The van der Waals surface area contributed by atoms with Gasteiger partial charge < -0.3 is 11.1 Å². The number of hydrogen-bond donors (Lipinski definition) is 3. The molecule has 2 aromatic carbocycles. The molecular weight excluding hydrogens is 392 g/mol. The van der Waals surface area contributed by atoms with E-state index in [0.717, 1.165) is 6.07 Å². The molecule has 2 aromatic rings. The summed E-state index contributed by atoms with van der Waals surface area (Å²) in [5.41, 5.74) is 3.32. The molecule has 4 N–H and O–H groups in total. The Morgan fingerprint density at radius 1 is 1.00 bits per heavy atom. The van der Waals surface area contributed by atoms with E-state index >= 15 is 0 Å². The number of amides is 2. The zero-order valence-electron chi connectivity index (χ0n) is 15.3. The fraction of sp³-hybridized carbons (Fsp3) is 0.222. The molecule has 2 rings (SSSR count). The zero-order chi connectivity index (χ0) is 21.3. The van der Waals surface area contributed by atoms with Crippen LogP contribution in [-0.2, 0) is 10.0 Å². The molecule has 2 amide bonds. The Morgan fingerprint density at radius 3 is 2.07 bits per heavy atom. The fourth-order valence-electron chi connectivity index (χ4n) is 2.28. The van der Waals surface area contributed by atoms with Crippen molar-refractivity contribution in [1.29, 1.82) is 0 Å². The summed E-state index contributed by atoms with van der Waals surface area (Å²) in [5, 5.41) is 2.19. The lowest BCUT2D eigenvalue weighted by Gasteiger charge is -2.20. The quantitative estimate of drug-likeness (QED) is 0.700. The molecule has 0 saturated heterocycles. The summed E-state index contributed by atoms with van der Waals surface area (Å²) in [7, 11) is -3.78. The topological polar surface area (TPSA) is 118 Å². The Kier molecular flexibility index (Phi) is 5.86. The van der Waals surface area contributed by atoms with Crippen molar-refractivity contribution in [1.82, 2.24) is 4.72 Å². The molecule has 0 fully saturated rings. The minimum absolute atomic E-state index is 0.0269. The minimum atomic E-state index is -3.78. The maximum absolute atomic E-state index is 13.9. The van der Waals surface area contributed by atoms with Gasteiger partial charge >= 0.3 is 0 Å². The van der Waals surface area contributed by atoms with Crippen molar-refractivity contribution in [3.63, 3.8) is 0 Å². The molecule has 0 bridgehead atoms. The molecule has 28 heavy (non-hydrogen) atoms. The smallest absolute Gasteiger partial charge is 0.255 e. The summed E-state index contributed by atoms with van der Waals surface area (Å²) in [4.78, 5) is 23.4. The van der Waals surface area contributed by atoms with Crippen molar-refractivity contribution in [3.8, 4) is 0 Å². The van der Waals surface area contributed by atoms with Crippen LogP contribution in [0.2, 0.25) is 0 Å². The van der Waals surface area contributed by atoms with Gasteiger partial charge in [-0.1, -0.05) is 0 Å². The van der Waals surface area contributed by atoms with Crippen molar-refractivity contribution in [2.75, 3.05) is 5.32 Å². The van der Waals surface area contributed by atoms with E-state index in [2.05, 4.69) is 10.0 Å². The third-order valence-electron chi connectivity index (χ3n) is 3.44. The third-order valence-corrected chi connectivity index (χ3v) is 5.21. The number of anilines is 1. The summed E-state index contributed by atoms with van der Waals surface area (Å²) >= 11 is 0. The maximum atomic E-state index is 13.9. The van der Waals surface area contributed by atoms with E-state index in [1.54, 1.807) is 20.8 Å². The van der Waals surface area contributed by atoms with E-state index in [0.29, 0.717) is 6.07 Å². The summed E-state index contributed by atoms with van der Waals surface area (Å²) in [6.45, 7) is 5.05. The Bertz CT molecular complexity index is 1030. The Labute approximate surface area is 161 Å². The van der Waals surface area contributed by atoms with E-state index in [4.69, 9.17) is 5.73 Å². The molecule has 0 aliphatic carbocycles. The molecule has 0 atom stereocenters. The molecule has 10 heteroatoms. The highest BCUT2D eigenvalue weighted by Crippen LogP contribution is 2.21. The van der Waals surface area contributed by atoms with Gasteiger partial charge in [-0.25, -0.2) is 21.9 Å². The standard InChI is InChI=1S/C18H19F2N3O4S/c1-18(2,3)23-28(26,27)11-6-4-10(5-7-11)17(25)22-15-8-12(16(21)24)13(19)9-14(15)20/h4-9,23H,1-3H3,(H2,21,24)(H,22,25). The molecule has 0 unspecified atom stereocenters. The molecule has 150 valence electrons. The van der Waals surface area contributed by atoms with Crippen molar-refractivity contribution in [2.45, 2.75) is 31.2 Å². The number of benzene rings is 2. The molecule has 0 spiro atoms. The number of nitrogens with one attached hydrogen (secondary N) is 2. The Hall–Kier alpha value is -2.85. The first kappa shape index (κ1) is 21.5. The largest absolute Gasteiger partial charge is 0.366 e. The van der Waals surface area contributed by atoms with Crippen LogP contribution in [0.15, 0.2) is 41.3 Å². The van der Waals surface area contributed by atoms with Crippen molar-refractivity contribution >= 4 is 27.5 Å². The van der Waals surface area contributed by atoms with E-state index in [9.17, 15) is 26.8 Å². The second-order valence-electron chi connectivity index (χ2n) is 7.01. The van der Waals surface area contributed by atoms with Gasteiger partial charge in [0.25, 0.3) is 11.8 Å². The van der Waals surface area contributed by atoms with Crippen LogP contribution in [0.1, 0.15) is 41.5 Å². The minimum Gasteiger partial charge on any atom is -0.366 e. The van der Waals surface area contributed by atoms with Crippen molar-refractivity contribution in [2.24, 2.45) is 5.73 Å². The van der Waals surface area contributed by atoms with Crippen LogP contribution in [0.5, 0.6) is 0 Å². The number of carbonyl (C=O) groups excluding carboxylic acids is 2. The number of nitrogens with two attached hydrogens (primary N) is 1. The normalized spacial score (nSPS) is 11.9. The van der Waals surface area contributed by atoms with Crippen molar-refractivity contribution < 1.29 is 26.8 Å². The molecule has 0 saturated carbocycles. The summed E-state index contributed by atoms with van der Waals surface area (Å²) in [6.07, 6.45) is 0. The van der Waals surface area contributed by atoms with E-state index in [1.807, 2.05) is 0 Å².